The van der Waals surface area contributed by atoms with E-state index in [-0.39, 0.29) is 23.8 Å². The second-order valence-electron chi connectivity index (χ2n) is 9.06. The number of aliphatic hydroxyl groups is 1. The summed E-state index contributed by atoms with van der Waals surface area (Å²) in [6, 6.07) is 11.7. The summed E-state index contributed by atoms with van der Waals surface area (Å²) in [5.74, 6) is -1.64. The van der Waals surface area contributed by atoms with Gasteiger partial charge >= 0.3 is 6.18 Å². The van der Waals surface area contributed by atoms with Crippen molar-refractivity contribution in [3.05, 3.63) is 100 Å². The first-order valence-electron chi connectivity index (χ1n) is 11.6. The predicted molar refractivity (Wildman–Crippen MR) is 130 cm³/mol. The molecule has 1 fully saturated rings. The maximum atomic E-state index is 13.3. The average Bonchev–Trinajstić information content (AvgIpc) is 3.09. The third-order valence-corrected chi connectivity index (χ3v) is 5.96. The van der Waals surface area contributed by atoms with Crippen molar-refractivity contribution < 1.29 is 32.6 Å². The Balaban J connectivity index is 1.80. The minimum absolute atomic E-state index is 0.0649. The number of ether oxygens (including phenoxy) is 1. The Labute approximate surface area is 212 Å². The van der Waals surface area contributed by atoms with Crippen LogP contribution in [0, 0.1) is 6.92 Å². The number of ketones is 1. The normalized spacial score (nSPS) is 17.5. The second-order valence-corrected chi connectivity index (χ2v) is 9.06. The van der Waals surface area contributed by atoms with Crippen molar-refractivity contribution in [1.82, 2.24) is 9.88 Å². The zero-order valence-corrected chi connectivity index (χ0v) is 20.4. The first-order chi connectivity index (χ1) is 17.5. The number of nitrogens with zero attached hydrogens (tertiary/aromatic N) is 2. The largest absolute Gasteiger partial charge is 0.507 e. The van der Waals surface area contributed by atoms with Crippen LogP contribution in [-0.2, 0) is 22.3 Å². The number of halogens is 3. The molecule has 0 bridgehead atoms. The van der Waals surface area contributed by atoms with Crippen molar-refractivity contribution in [2.45, 2.75) is 45.6 Å². The number of hydrogen-bond acceptors (Lipinski definition) is 5. The van der Waals surface area contributed by atoms with Crippen molar-refractivity contribution in [3.8, 4) is 5.75 Å². The molecular weight excluding hydrogens is 485 g/mol. The Hall–Kier alpha value is -4.14. The minimum atomic E-state index is -4.56. The highest BCUT2D eigenvalue weighted by atomic mass is 19.4. The van der Waals surface area contributed by atoms with Gasteiger partial charge in [0.2, 0.25) is 0 Å². The lowest BCUT2D eigenvalue weighted by Gasteiger charge is -2.25. The standard InChI is InChI=1S/C28H25F3N2O4/c1-16(2)37-22-10-9-19(12-17(22)3)25(34)23-24(20-7-5-11-32-14-20)33(27(36)26(23)35)15-18-6-4-8-21(13-18)28(29,30)31/h4-14,16,24,34H,15H2,1-3H3/b25-23+. The zero-order chi connectivity index (χ0) is 26.9. The van der Waals surface area contributed by atoms with Crippen LogP contribution >= 0.6 is 0 Å². The Morgan fingerprint density at radius 3 is 2.49 bits per heavy atom. The summed E-state index contributed by atoms with van der Waals surface area (Å²) in [6.07, 6.45) is -1.66. The lowest BCUT2D eigenvalue weighted by molar-refractivity contribution is -0.140. The van der Waals surface area contributed by atoms with Gasteiger partial charge in [-0.25, -0.2) is 0 Å². The summed E-state index contributed by atoms with van der Waals surface area (Å²) in [7, 11) is 0. The van der Waals surface area contributed by atoms with E-state index >= 15 is 0 Å². The SMILES string of the molecule is Cc1cc(/C(O)=C2\C(=O)C(=O)N(Cc3cccc(C(F)(F)F)c3)C2c2cccnc2)ccc1OC(C)C. The molecule has 2 heterocycles. The van der Waals surface area contributed by atoms with Crippen LogP contribution in [0.3, 0.4) is 0 Å². The zero-order valence-electron chi connectivity index (χ0n) is 20.4. The maximum absolute atomic E-state index is 13.3. The molecule has 0 aliphatic carbocycles. The van der Waals surface area contributed by atoms with Crippen molar-refractivity contribution in [2.24, 2.45) is 0 Å². The Kier molecular flexibility index (Phi) is 7.07. The Morgan fingerprint density at radius 2 is 1.86 bits per heavy atom. The van der Waals surface area contributed by atoms with Crippen LogP contribution in [0.15, 0.2) is 72.6 Å². The van der Waals surface area contributed by atoms with Gasteiger partial charge in [0.25, 0.3) is 11.7 Å². The van der Waals surface area contributed by atoms with Gasteiger partial charge in [0.1, 0.15) is 11.5 Å². The molecule has 1 aromatic heterocycles. The number of carbonyl (C=O) groups is 2. The highest BCUT2D eigenvalue weighted by Gasteiger charge is 2.46. The molecular formula is C28H25F3N2O4. The van der Waals surface area contributed by atoms with E-state index in [1.165, 1.54) is 24.5 Å². The summed E-state index contributed by atoms with van der Waals surface area (Å²) in [5, 5.41) is 11.2. The number of alkyl halides is 3. The number of carbonyl (C=O) groups excluding carboxylic acids is 2. The van der Waals surface area contributed by atoms with E-state index in [2.05, 4.69) is 4.98 Å². The number of hydrogen-bond donors (Lipinski definition) is 1. The molecule has 1 aliphatic rings. The third kappa shape index (κ3) is 5.35. The fourth-order valence-corrected chi connectivity index (χ4v) is 4.31. The molecule has 4 rings (SSSR count). The molecule has 0 saturated carbocycles. The van der Waals surface area contributed by atoms with Crippen molar-refractivity contribution in [3.63, 3.8) is 0 Å². The van der Waals surface area contributed by atoms with Crippen LogP contribution < -0.4 is 4.74 Å². The van der Waals surface area contributed by atoms with E-state index < -0.39 is 35.2 Å². The van der Waals surface area contributed by atoms with Gasteiger partial charge in [-0.15, -0.1) is 0 Å². The van der Waals surface area contributed by atoms with Gasteiger partial charge in [0.05, 0.1) is 23.3 Å². The van der Waals surface area contributed by atoms with Gasteiger partial charge in [-0.1, -0.05) is 18.2 Å². The van der Waals surface area contributed by atoms with Crippen LogP contribution in [0.5, 0.6) is 5.75 Å². The highest BCUT2D eigenvalue weighted by Crippen LogP contribution is 2.41. The lowest BCUT2D eigenvalue weighted by Crippen LogP contribution is -2.29. The molecule has 1 unspecified atom stereocenters. The molecule has 1 saturated heterocycles. The molecule has 37 heavy (non-hydrogen) atoms. The fraction of sp³-hybridized carbons (Fsp3) is 0.250. The van der Waals surface area contributed by atoms with Gasteiger partial charge in [-0.2, -0.15) is 13.2 Å². The highest BCUT2D eigenvalue weighted by molar-refractivity contribution is 6.46. The van der Waals surface area contributed by atoms with Crippen LogP contribution in [0.4, 0.5) is 13.2 Å². The predicted octanol–water partition coefficient (Wildman–Crippen LogP) is 5.82. The van der Waals surface area contributed by atoms with Crippen LogP contribution in [0.1, 0.15) is 47.7 Å². The van der Waals surface area contributed by atoms with Gasteiger partial charge in [-0.05, 0) is 73.9 Å². The number of aliphatic hydroxyl groups excluding tert-OH is 1. The third-order valence-electron chi connectivity index (χ3n) is 5.96. The van der Waals surface area contributed by atoms with E-state index in [0.717, 1.165) is 17.0 Å². The number of Topliss-reactive ketones (excluding diaryl/α,β-unsaturated/α-hetero) is 1. The molecule has 9 heteroatoms. The van der Waals surface area contributed by atoms with Gasteiger partial charge in [-0.3, -0.25) is 14.6 Å². The topological polar surface area (TPSA) is 79.7 Å². The monoisotopic (exact) mass is 510 g/mol. The summed E-state index contributed by atoms with van der Waals surface area (Å²) >= 11 is 0. The molecule has 3 aromatic rings. The summed E-state index contributed by atoms with van der Waals surface area (Å²) in [6.45, 7) is 5.28. The van der Waals surface area contributed by atoms with E-state index in [1.807, 2.05) is 13.8 Å². The van der Waals surface area contributed by atoms with Crippen molar-refractivity contribution >= 4 is 17.4 Å². The molecule has 1 atom stereocenters. The van der Waals surface area contributed by atoms with Gasteiger partial charge < -0.3 is 14.7 Å². The summed E-state index contributed by atoms with van der Waals surface area (Å²) in [5.41, 5.74) is 0.623. The van der Waals surface area contributed by atoms with Crippen molar-refractivity contribution in [1.29, 1.82) is 0 Å². The molecule has 1 amide bonds. The number of amides is 1. The smallest absolute Gasteiger partial charge is 0.416 e. The number of aryl methyl sites for hydroxylation is 1. The van der Waals surface area contributed by atoms with Gasteiger partial charge in [0.15, 0.2) is 0 Å². The van der Waals surface area contributed by atoms with E-state index in [1.54, 1.807) is 37.3 Å². The second kappa shape index (κ2) is 10.1. The molecule has 6 nitrogen and oxygen atoms in total. The lowest BCUT2D eigenvalue weighted by atomic mass is 9.95. The molecule has 192 valence electrons. The first kappa shape index (κ1) is 25.9. The number of benzene rings is 2. The van der Waals surface area contributed by atoms with E-state index in [9.17, 15) is 27.9 Å². The number of pyridine rings is 1. The number of aromatic nitrogens is 1. The number of rotatable bonds is 6. The Morgan fingerprint density at radius 1 is 1.11 bits per heavy atom. The molecule has 0 radical (unpaired) electrons. The minimum Gasteiger partial charge on any atom is -0.507 e. The van der Waals surface area contributed by atoms with Crippen LogP contribution in [0.2, 0.25) is 0 Å². The number of likely N-dealkylation sites (tertiary alicyclic amines) is 1. The van der Waals surface area contributed by atoms with Crippen LogP contribution in [0.25, 0.3) is 5.76 Å². The first-order valence-corrected chi connectivity index (χ1v) is 11.6. The average molecular weight is 511 g/mol. The van der Waals surface area contributed by atoms with Crippen molar-refractivity contribution in [2.75, 3.05) is 0 Å². The van der Waals surface area contributed by atoms with E-state index in [4.69, 9.17) is 4.74 Å². The summed E-state index contributed by atoms with van der Waals surface area (Å²) in [4.78, 5) is 31.6. The quantitative estimate of drug-likeness (QED) is 0.257. The molecule has 2 aromatic carbocycles. The molecule has 1 N–H and O–H groups in total. The molecule has 0 spiro atoms. The van der Waals surface area contributed by atoms with E-state index in [0.29, 0.717) is 22.4 Å². The Bertz CT molecular complexity index is 1370. The van der Waals surface area contributed by atoms with Crippen LogP contribution in [-0.4, -0.2) is 32.8 Å². The molecule has 1 aliphatic heterocycles. The maximum Gasteiger partial charge on any atom is 0.416 e. The summed E-state index contributed by atoms with van der Waals surface area (Å²) < 4.78 is 45.5. The van der Waals surface area contributed by atoms with Gasteiger partial charge in [0, 0.05) is 24.5 Å². The fourth-order valence-electron chi connectivity index (χ4n) is 4.31.